The number of rotatable bonds is 7. The quantitative estimate of drug-likeness (QED) is 0.417. The maximum absolute atomic E-state index is 12.0. The smallest absolute Gasteiger partial charge is 0.244 e. The van der Waals surface area contributed by atoms with Crippen LogP contribution in [0.15, 0.2) is 24.3 Å². The fraction of sp³-hybridized carbons (Fsp3) is 0.600. The second-order valence-corrected chi connectivity index (χ2v) is 7.75. The zero-order valence-electron chi connectivity index (χ0n) is 16.6. The van der Waals surface area contributed by atoms with Gasteiger partial charge in [0.1, 0.15) is 25.3 Å². The molecular weight excluding hydrogens is 360 g/mol. The van der Waals surface area contributed by atoms with Crippen molar-refractivity contribution in [3.8, 4) is 0 Å². The molecule has 0 spiro atoms. The molecule has 1 amide bonds. The van der Waals surface area contributed by atoms with E-state index in [-0.39, 0.29) is 18.1 Å². The van der Waals surface area contributed by atoms with E-state index >= 15 is 0 Å². The minimum absolute atomic E-state index is 0.0617. The predicted molar refractivity (Wildman–Crippen MR) is 113 cm³/mol. The molecule has 1 aromatic rings. The minimum Gasteiger partial charge on any atom is -0.364 e. The molecule has 7 heteroatoms. The molecule has 1 saturated heterocycles. The van der Waals surface area contributed by atoms with Gasteiger partial charge < -0.3 is 15.0 Å². The number of quaternary nitrogens is 1. The number of hydrogen-bond donors (Lipinski definition) is 4. The number of anilines is 1. The third kappa shape index (κ3) is 8.24. The molecule has 27 heavy (non-hydrogen) atoms. The van der Waals surface area contributed by atoms with Gasteiger partial charge in [0.25, 0.3) is 0 Å². The van der Waals surface area contributed by atoms with Gasteiger partial charge in [-0.15, -0.1) is 0 Å². The molecule has 1 aliphatic heterocycles. The van der Waals surface area contributed by atoms with Gasteiger partial charge in [0.15, 0.2) is 5.11 Å². The zero-order valence-corrected chi connectivity index (χ0v) is 17.5. The number of carbonyl (C=O) groups excluding carboxylic acids is 1. The van der Waals surface area contributed by atoms with E-state index in [1.165, 1.54) is 23.3 Å². The Balaban J connectivity index is 1.65. The number of morpholine rings is 1. The van der Waals surface area contributed by atoms with Gasteiger partial charge in [0, 0.05) is 5.69 Å². The summed E-state index contributed by atoms with van der Waals surface area (Å²) in [5.41, 5.74) is 7.67. The Morgan fingerprint density at radius 2 is 1.85 bits per heavy atom. The summed E-state index contributed by atoms with van der Waals surface area (Å²) < 4.78 is 5.73. The van der Waals surface area contributed by atoms with Gasteiger partial charge in [-0.1, -0.05) is 25.5 Å². The van der Waals surface area contributed by atoms with Crippen LogP contribution in [-0.2, 0) is 16.0 Å². The Kier molecular flexibility index (Phi) is 8.97. The lowest BCUT2D eigenvalue weighted by Crippen LogP contribution is -3.15. The molecule has 150 valence electrons. The first-order valence-electron chi connectivity index (χ1n) is 9.90. The number of benzene rings is 1. The first kappa shape index (κ1) is 21.6. The lowest BCUT2D eigenvalue weighted by molar-refractivity contribution is -0.914. The van der Waals surface area contributed by atoms with Crippen molar-refractivity contribution in [3.63, 3.8) is 0 Å². The number of nitrogens with one attached hydrogen (secondary N) is 4. The maximum atomic E-state index is 12.0. The van der Waals surface area contributed by atoms with Crippen LogP contribution in [-0.4, -0.2) is 42.9 Å². The summed E-state index contributed by atoms with van der Waals surface area (Å²) in [5.74, 6) is -0.0617. The Morgan fingerprint density at radius 1 is 1.19 bits per heavy atom. The number of hydrogen-bond acceptors (Lipinski definition) is 3. The van der Waals surface area contributed by atoms with E-state index in [9.17, 15) is 4.79 Å². The highest BCUT2D eigenvalue weighted by Gasteiger charge is 2.25. The van der Waals surface area contributed by atoms with Crippen LogP contribution < -0.4 is 21.1 Å². The molecule has 0 aliphatic carbocycles. The number of unbranched alkanes of at least 4 members (excludes halogenated alkanes) is 1. The summed E-state index contributed by atoms with van der Waals surface area (Å²) in [6.45, 7) is 9.04. The van der Waals surface area contributed by atoms with Crippen LogP contribution in [0, 0.1) is 0 Å². The molecule has 6 nitrogen and oxygen atoms in total. The molecule has 0 bridgehead atoms. The fourth-order valence-electron chi connectivity index (χ4n) is 3.37. The minimum atomic E-state index is -0.0617. The van der Waals surface area contributed by atoms with Crippen molar-refractivity contribution in [2.45, 2.75) is 58.7 Å². The summed E-state index contributed by atoms with van der Waals surface area (Å²) in [4.78, 5) is 13.4. The first-order chi connectivity index (χ1) is 13.0. The van der Waals surface area contributed by atoms with E-state index in [1.54, 1.807) is 0 Å². The molecule has 0 saturated carbocycles. The number of amides is 1. The molecule has 2 atom stereocenters. The molecule has 0 radical (unpaired) electrons. The van der Waals surface area contributed by atoms with Gasteiger partial charge in [0.05, 0.1) is 13.0 Å². The number of ether oxygens (including phenoxy) is 1. The molecule has 1 aliphatic rings. The Morgan fingerprint density at radius 3 is 2.48 bits per heavy atom. The van der Waals surface area contributed by atoms with E-state index < -0.39 is 0 Å². The SMILES string of the molecule is CCCCc1ccc(NC(=S)NNC(=O)CC[NH+]2C[C@@H](C)O[C@H](C)C2)cc1. The summed E-state index contributed by atoms with van der Waals surface area (Å²) in [6, 6.07) is 8.22. The fourth-order valence-corrected chi connectivity index (χ4v) is 3.54. The van der Waals surface area contributed by atoms with Crippen LogP contribution in [0.4, 0.5) is 5.69 Å². The van der Waals surface area contributed by atoms with E-state index in [2.05, 4.69) is 49.1 Å². The normalized spacial score (nSPS) is 22.1. The van der Waals surface area contributed by atoms with Gasteiger partial charge in [-0.2, -0.15) is 0 Å². The van der Waals surface area contributed by atoms with Crippen molar-refractivity contribution in [1.29, 1.82) is 0 Å². The summed E-state index contributed by atoms with van der Waals surface area (Å²) in [6.07, 6.45) is 4.43. The zero-order chi connectivity index (χ0) is 19.6. The average Bonchev–Trinajstić information content (AvgIpc) is 2.63. The van der Waals surface area contributed by atoms with E-state index in [0.717, 1.165) is 31.7 Å². The first-order valence-corrected chi connectivity index (χ1v) is 10.3. The van der Waals surface area contributed by atoms with Crippen LogP contribution in [0.3, 0.4) is 0 Å². The van der Waals surface area contributed by atoms with E-state index in [4.69, 9.17) is 17.0 Å². The van der Waals surface area contributed by atoms with Gasteiger partial charge in [-0.25, -0.2) is 0 Å². The molecule has 0 unspecified atom stereocenters. The van der Waals surface area contributed by atoms with Crippen molar-refractivity contribution in [3.05, 3.63) is 29.8 Å². The standard InChI is InChI=1S/C20H32N4O2S/c1-4-5-6-17-7-9-18(10-8-17)21-20(27)23-22-19(25)11-12-24-13-15(2)26-16(3)14-24/h7-10,15-16H,4-6,11-14H2,1-3H3,(H,22,25)(H2,21,23,27)/p+1/t15-,16-/m1/s1. The van der Waals surface area contributed by atoms with Crippen molar-refractivity contribution in [2.75, 3.05) is 25.0 Å². The molecule has 4 N–H and O–H groups in total. The van der Waals surface area contributed by atoms with Crippen LogP contribution in [0.2, 0.25) is 0 Å². The maximum Gasteiger partial charge on any atom is 0.244 e. The predicted octanol–water partition coefficient (Wildman–Crippen LogP) is 1.43. The topological polar surface area (TPSA) is 66.8 Å². The highest BCUT2D eigenvalue weighted by molar-refractivity contribution is 7.80. The Labute approximate surface area is 168 Å². The lowest BCUT2D eigenvalue weighted by atomic mass is 10.1. The summed E-state index contributed by atoms with van der Waals surface area (Å²) >= 11 is 5.24. The van der Waals surface area contributed by atoms with Crippen LogP contribution in [0.1, 0.15) is 45.6 Å². The number of hydrazine groups is 1. The third-order valence-electron chi connectivity index (χ3n) is 4.67. The van der Waals surface area contributed by atoms with E-state index in [0.29, 0.717) is 11.5 Å². The van der Waals surface area contributed by atoms with Gasteiger partial charge in [-0.3, -0.25) is 15.6 Å². The Hall–Kier alpha value is -1.70. The highest BCUT2D eigenvalue weighted by atomic mass is 32.1. The van der Waals surface area contributed by atoms with E-state index in [1.807, 2.05) is 12.1 Å². The molecular formula is C20H33N4O2S+. The van der Waals surface area contributed by atoms with Crippen LogP contribution >= 0.6 is 12.2 Å². The van der Waals surface area contributed by atoms with Crippen LogP contribution in [0.5, 0.6) is 0 Å². The summed E-state index contributed by atoms with van der Waals surface area (Å²) in [7, 11) is 0. The van der Waals surface area contributed by atoms with Gasteiger partial charge in [0.2, 0.25) is 5.91 Å². The van der Waals surface area contributed by atoms with Gasteiger partial charge >= 0.3 is 0 Å². The highest BCUT2D eigenvalue weighted by Crippen LogP contribution is 2.11. The number of carbonyl (C=O) groups is 1. The molecule has 0 aromatic heterocycles. The largest absolute Gasteiger partial charge is 0.364 e. The second-order valence-electron chi connectivity index (χ2n) is 7.34. The van der Waals surface area contributed by atoms with Crippen molar-refractivity contribution < 1.29 is 14.4 Å². The molecule has 2 rings (SSSR count). The second kappa shape index (κ2) is 11.2. The number of thiocarbonyl (C=S) groups is 1. The molecule has 1 heterocycles. The van der Waals surface area contributed by atoms with Gasteiger partial charge in [-0.05, 0) is 56.6 Å². The van der Waals surface area contributed by atoms with Crippen molar-refractivity contribution in [2.24, 2.45) is 0 Å². The monoisotopic (exact) mass is 393 g/mol. The third-order valence-corrected chi connectivity index (χ3v) is 4.87. The number of aryl methyl sites for hydroxylation is 1. The van der Waals surface area contributed by atoms with Crippen molar-refractivity contribution in [1.82, 2.24) is 10.9 Å². The summed E-state index contributed by atoms with van der Waals surface area (Å²) in [5, 5.41) is 3.46. The van der Waals surface area contributed by atoms with Crippen LogP contribution in [0.25, 0.3) is 0 Å². The molecule has 1 aromatic carbocycles. The average molecular weight is 394 g/mol. The molecule has 1 fully saturated rings. The van der Waals surface area contributed by atoms with Crippen molar-refractivity contribution >= 4 is 28.9 Å². The Bertz CT molecular complexity index is 599. The lowest BCUT2D eigenvalue weighted by Gasteiger charge is -2.32.